The van der Waals surface area contributed by atoms with Crippen LogP contribution in [0.3, 0.4) is 0 Å². The van der Waals surface area contributed by atoms with Gasteiger partial charge >= 0.3 is 0 Å². The average Bonchev–Trinajstić information content (AvgIpc) is 3.52. The Morgan fingerprint density at radius 1 is 0.651 bits per heavy atom. The Balaban J connectivity index is 0.000000259. The van der Waals surface area contributed by atoms with E-state index < -0.39 is 34.3 Å². The van der Waals surface area contributed by atoms with Crippen molar-refractivity contribution in [2.24, 2.45) is 0 Å². The fourth-order valence-electron chi connectivity index (χ4n) is 4.63. The van der Waals surface area contributed by atoms with Gasteiger partial charge in [0, 0.05) is 58.4 Å². The summed E-state index contributed by atoms with van der Waals surface area (Å²) < 4.78 is 122. The largest absolute Gasteiger partial charge is 0.501 e. The molecule has 0 atom stereocenters. The molecule has 43 heavy (non-hydrogen) atoms. The number of hydrogen-bond donors (Lipinski definition) is 0. The molecule has 0 unspecified atom stereocenters. The molecule has 0 aliphatic carbocycles. The molecule has 0 saturated heterocycles. The summed E-state index contributed by atoms with van der Waals surface area (Å²) in [4.78, 5) is 8.45. The van der Waals surface area contributed by atoms with Crippen LogP contribution < -0.4 is 0 Å². The number of furan rings is 1. The molecule has 0 aliphatic rings. The third kappa shape index (κ3) is 6.22. The number of nitrogens with zero attached hydrogens (tertiary/aromatic N) is 2. The maximum absolute atomic E-state index is 8.03. The Kier molecular flexibility index (Phi) is 4.93. The van der Waals surface area contributed by atoms with Crippen molar-refractivity contribution in [1.82, 2.24) is 9.97 Å². The molecule has 3 nitrogen and oxygen atoms in total. The summed E-state index contributed by atoms with van der Waals surface area (Å²) in [5, 5.41) is 1.02. The average molecular weight is 752 g/mol. The maximum Gasteiger partial charge on any atom is 0.120 e. The van der Waals surface area contributed by atoms with Crippen molar-refractivity contribution < 1.29 is 45.1 Å². The number of aryl methyl sites for hydroxylation is 5. The van der Waals surface area contributed by atoms with Crippen LogP contribution in [0.1, 0.15) is 48.4 Å². The number of aromatic nitrogens is 2. The standard InChI is InChI=1S/C26H20NO.C13H12N.Ir/c1-16-8-4-5-9-19(16)22-14-23(27-15-18(22)3)20-13-12-17(2)25-21-10-6-7-11-24(21)28-26(20)25;1-10-3-6-12(7-4-10)13-8-5-11(2)9-14-13;/h4-12,14-15H,1-3H3;3-6,8-9H,1-2H3;/q2*-1;/i1D3,2D3,3D3;1D3,2D3;. The van der Waals surface area contributed by atoms with Gasteiger partial charge in [0.15, 0.2) is 0 Å². The Labute approximate surface area is 288 Å². The number of pyridine rings is 2. The minimum absolute atomic E-state index is 0. The molecule has 0 spiro atoms. The molecular formula is C39H32IrN2O-2. The van der Waals surface area contributed by atoms with E-state index >= 15 is 0 Å². The van der Waals surface area contributed by atoms with Crippen LogP contribution in [0.4, 0.5) is 0 Å². The molecule has 0 saturated carbocycles. The van der Waals surface area contributed by atoms with Gasteiger partial charge in [0.1, 0.15) is 5.58 Å². The molecule has 0 amide bonds. The molecule has 0 fully saturated rings. The molecule has 1 radical (unpaired) electrons. The summed E-state index contributed by atoms with van der Waals surface area (Å²) in [5.74, 6) is 0. The van der Waals surface area contributed by atoms with E-state index in [0.717, 1.165) is 0 Å². The normalized spacial score (nSPS) is 17.3. The minimum atomic E-state index is -2.56. The summed E-state index contributed by atoms with van der Waals surface area (Å²) in [6, 6.07) is 29.6. The van der Waals surface area contributed by atoms with Gasteiger partial charge in [-0.05, 0) is 65.8 Å². The molecular weight excluding hydrogens is 705 g/mol. The Morgan fingerprint density at radius 2 is 1.44 bits per heavy atom. The monoisotopic (exact) mass is 752 g/mol. The first kappa shape index (κ1) is 16.5. The second-order valence-corrected chi connectivity index (χ2v) is 9.46. The van der Waals surface area contributed by atoms with E-state index in [9.17, 15) is 0 Å². The third-order valence-corrected chi connectivity index (χ3v) is 6.68. The first-order valence-electron chi connectivity index (χ1n) is 20.4. The Hall–Kier alpha value is -4.37. The van der Waals surface area contributed by atoms with E-state index in [1.165, 1.54) is 48.8 Å². The number of para-hydroxylation sites is 1. The van der Waals surface area contributed by atoms with Crippen molar-refractivity contribution in [3.63, 3.8) is 0 Å². The number of rotatable bonds is 3. The number of fused-ring (bicyclic) bond motifs is 3. The van der Waals surface area contributed by atoms with Gasteiger partial charge in [0.2, 0.25) is 0 Å². The van der Waals surface area contributed by atoms with Crippen LogP contribution in [0.15, 0.2) is 108 Å². The van der Waals surface area contributed by atoms with Gasteiger partial charge in [-0.2, -0.15) is 0 Å². The van der Waals surface area contributed by atoms with Crippen LogP contribution in [0.25, 0.3) is 55.6 Å². The predicted octanol–water partition coefficient (Wildman–Crippen LogP) is 10.2. The fraction of sp³-hybridized carbons (Fsp3) is 0.128. The molecule has 7 aromatic rings. The number of benzene rings is 4. The van der Waals surface area contributed by atoms with Crippen molar-refractivity contribution >= 4 is 21.9 Å². The second-order valence-electron chi connectivity index (χ2n) is 9.46. The quantitative estimate of drug-likeness (QED) is 0.169. The summed E-state index contributed by atoms with van der Waals surface area (Å²) in [6.07, 6.45) is 2.50. The van der Waals surface area contributed by atoms with Crippen LogP contribution in [0.2, 0.25) is 0 Å². The molecule has 4 heteroatoms. The maximum atomic E-state index is 8.03. The third-order valence-electron chi connectivity index (χ3n) is 6.68. The molecule has 215 valence electrons. The van der Waals surface area contributed by atoms with E-state index in [-0.39, 0.29) is 70.3 Å². The first-order chi connectivity index (χ1) is 26.4. The topological polar surface area (TPSA) is 38.9 Å². The van der Waals surface area contributed by atoms with E-state index in [0.29, 0.717) is 33.2 Å². The van der Waals surface area contributed by atoms with E-state index in [2.05, 4.69) is 22.1 Å². The molecule has 3 aromatic heterocycles. The van der Waals surface area contributed by atoms with Crippen molar-refractivity contribution in [2.75, 3.05) is 0 Å². The van der Waals surface area contributed by atoms with E-state index in [1.54, 1.807) is 54.6 Å². The van der Waals surface area contributed by atoms with Crippen molar-refractivity contribution in [2.45, 2.75) is 34.3 Å². The van der Waals surface area contributed by atoms with Crippen molar-refractivity contribution in [3.8, 4) is 33.6 Å². The van der Waals surface area contributed by atoms with Gasteiger partial charge in [-0.1, -0.05) is 85.3 Å². The van der Waals surface area contributed by atoms with Gasteiger partial charge in [-0.3, -0.25) is 0 Å². The molecule has 0 N–H and O–H groups in total. The van der Waals surface area contributed by atoms with E-state index in [1.807, 2.05) is 0 Å². The van der Waals surface area contributed by atoms with Crippen LogP contribution >= 0.6 is 0 Å². The van der Waals surface area contributed by atoms with Gasteiger partial charge in [-0.15, -0.1) is 53.1 Å². The van der Waals surface area contributed by atoms with Gasteiger partial charge in [-0.25, -0.2) is 0 Å². The van der Waals surface area contributed by atoms with Crippen LogP contribution in [-0.2, 0) is 20.1 Å². The zero-order valence-corrected chi connectivity index (χ0v) is 24.8. The summed E-state index contributed by atoms with van der Waals surface area (Å²) >= 11 is 0. The van der Waals surface area contributed by atoms with Gasteiger partial charge in [0.25, 0.3) is 0 Å². The molecule has 4 aromatic carbocycles. The zero-order valence-electron chi connectivity index (χ0n) is 37.5. The summed E-state index contributed by atoms with van der Waals surface area (Å²) in [5.41, 5.74) is 3.30. The van der Waals surface area contributed by atoms with Crippen molar-refractivity contribution in [1.29, 1.82) is 0 Å². The van der Waals surface area contributed by atoms with Crippen LogP contribution in [0, 0.1) is 46.4 Å². The van der Waals surface area contributed by atoms with Crippen molar-refractivity contribution in [3.05, 3.63) is 143 Å². The SMILES string of the molecule is [2H]C([2H])([2H])c1c[c-]c(-c2ccc(C([2H])([2H])[2H])cn2)cc1.[2H]C([2H])([2H])c1ccccc1-c1cc(-c2[c-]cc(C([2H])([2H])[2H])c3c2oc2ccccc23)ncc1C([2H])([2H])[2H].[Ir]. The predicted molar refractivity (Wildman–Crippen MR) is 173 cm³/mol. The molecule has 0 bridgehead atoms. The Bertz CT molecular complexity index is 2500. The molecule has 0 aliphatic heterocycles. The smallest absolute Gasteiger partial charge is 0.120 e. The van der Waals surface area contributed by atoms with Crippen LogP contribution in [-0.4, -0.2) is 9.97 Å². The minimum Gasteiger partial charge on any atom is -0.501 e. The van der Waals surface area contributed by atoms with Gasteiger partial charge < -0.3 is 14.4 Å². The number of hydrogen-bond acceptors (Lipinski definition) is 3. The van der Waals surface area contributed by atoms with Crippen LogP contribution in [0.5, 0.6) is 0 Å². The molecule has 3 heterocycles. The van der Waals surface area contributed by atoms with E-state index in [4.69, 9.17) is 25.0 Å². The van der Waals surface area contributed by atoms with Gasteiger partial charge in [0.05, 0.1) is 5.58 Å². The summed E-state index contributed by atoms with van der Waals surface area (Å²) in [7, 11) is 0. The molecule has 7 rings (SSSR count). The zero-order chi connectivity index (χ0) is 41.7. The second kappa shape index (κ2) is 12.9. The summed E-state index contributed by atoms with van der Waals surface area (Å²) in [6.45, 7) is -11.8. The Morgan fingerprint density at radius 3 is 2.21 bits per heavy atom. The first-order valence-corrected chi connectivity index (χ1v) is 12.9. The fourth-order valence-corrected chi connectivity index (χ4v) is 4.63.